The number of carbonyl (C=O) groups is 1. The molecule has 2 aliphatic rings. The smallest absolute Gasteiger partial charge is 0.221 e. The zero-order valence-electron chi connectivity index (χ0n) is 16.6. The zero-order chi connectivity index (χ0) is 18.5. The van der Waals surface area contributed by atoms with E-state index < -0.39 is 0 Å². The van der Waals surface area contributed by atoms with Crippen molar-refractivity contribution in [1.82, 2.24) is 16.0 Å². The molecule has 3 N–H and O–H groups in total. The van der Waals surface area contributed by atoms with Gasteiger partial charge in [-0.15, -0.1) is 24.0 Å². The molecule has 1 aliphatic carbocycles. The van der Waals surface area contributed by atoms with Gasteiger partial charge in [-0.3, -0.25) is 9.79 Å². The van der Waals surface area contributed by atoms with Crippen LogP contribution < -0.4 is 16.0 Å². The summed E-state index contributed by atoms with van der Waals surface area (Å²) in [7, 11) is 0. The number of nitrogens with zero attached hydrogens (tertiary/aromatic N) is 1. The first kappa shape index (κ1) is 24.4. The molecule has 1 amide bonds. The quantitative estimate of drug-likeness (QED) is 0.177. The molecule has 1 unspecified atom stereocenters. The van der Waals surface area contributed by atoms with Crippen molar-refractivity contribution in [2.24, 2.45) is 4.99 Å². The first-order valence-corrected chi connectivity index (χ1v) is 10.3. The minimum absolute atomic E-state index is 0. The van der Waals surface area contributed by atoms with Crippen LogP contribution in [0.15, 0.2) is 4.99 Å². The average molecular weight is 496 g/mol. The van der Waals surface area contributed by atoms with E-state index in [9.17, 15) is 4.79 Å². The number of nitrogens with one attached hydrogen (secondary N) is 3. The van der Waals surface area contributed by atoms with E-state index in [1.165, 1.54) is 12.8 Å². The molecule has 1 heterocycles. The molecule has 2 rings (SSSR count). The molecule has 0 spiro atoms. The Balaban J connectivity index is 0.00000364. The minimum atomic E-state index is 0. The highest BCUT2D eigenvalue weighted by Crippen LogP contribution is 2.17. The normalized spacial score (nSPS) is 20.3. The van der Waals surface area contributed by atoms with Crippen LogP contribution in [-0.4, -0.2) is 63.5 Å². The summed E-state index contributed by atoms with van der Waals surface area (Å²) in [4.78, 5) is 16.5. The molecule has 7 nitrogen and oxygen atoms in total. The second kappa shape index (κ2) is 15.3. The van der Waals surface area contributed by atoms with Gasteiger partial charge in [0.1, 0.15) is 0 Å². The largest absolute Gasteiger partial charge is 0.379 e. The molecule has 27 heavy (non-hydrogen) atoms. The first-order chi connectivity index (χ1) is 12.8. The van der Waals surface area contributed by atoms with Crippen LogP contribution in [0.2, 0.25) is 0 Å². The van der Waals surface area contributed by atoms with Gasteiger partial charge in [0, 0.05) is 45.3 Å². The van der Waals surface area contributed by atoms with Crippen LogP contribution >= 0.6 is 24.0 Å². The van der Waals surface area contributed by atoms with Crippen LogP contribution in [0.3, 0.4) is 0 Å². The monoisotopic (exact) mass is 496 g/mol. The number of carbonyl (C=O) groups excluding carboxylic acids is 1. The molecule has 0 aromatic carbocycles. The van der Waals surface area contributed by atoms with Crippen molar-refractivity contribution >= 4 is 35.8 Å². The lowest BCUT2D eigenvalue weighted by molar-refractivity contribution is -0.121. The number of ether oxygens (including phenoxy) is 2. The Morgan fingerprint density at radius 3 is 2.70 bits per heavy atom. The van der Waals surface area contributed by atoms with E-state index in [-0.39, 0.29) is 36.0 Å². The van der Waals surface area contributed by atoms with Crippen LogP contribution in [0.5, 0.6) is 0 Å². The highest BCUT2D eigenvalue weighted by Gasteiger charge is 2.17. The lowest BCUT2D eigenvalue weighted by atomic mass is 10.2. The van der Waals surface area contributed by atoms with Gasteiger partial charge in [-0.25, -0.2) is 0 Å². The van der Waals surface area contributed by atoms with E-state index in [1.807, 2.05) is 6.92 Å². The van der Waals surface area contributed by atoms with Gasteiger partial charge >= 0.3 is 0 Å². The van der Waals surface area contributed by atoms with Crippen molar-refractivity contribution in [3.8, 4) is 0 Å². The van der Waals surface area contributed by atoms with E-state index in [0.29, 0.717) is 38.8 Å². The number of hydrogen-bond donors (Lipinski definition) is 3. The van der Waals surface area contributed by atoms with Crippen LogP contribution in [0.1, 0.15) is 58.3 Å². The van der Waals surface area contributed by atoms with E-state index in [2.05, 4.69) is 20.9 Å². The molecule has 2 fully saturated rings. The summed E-state index contributed by atoms with van der Waals surface area (Å²) in [5, 5.41) is 9.55. The number of aliphatic imine (C=N–C) groups is 1. The fourth-order valence-corrected chi connectivity index (χ4v) is 3.35. The highest BCUT2D eigenvalue weighted by molar-refractivity contribution is 14.0. The summed E-state index contributed by atoms with van der Waals surface area (Å²) >= 11 is 0. The van der Waals surface area contributed by atoms with Crippen molar-refractivity contribution in [2.75, 3.05) is 39.5 Å². The van der Waals surface area contributed by atoms with Crippen molar-refractivity contribution in [2.45, 2.75) is 70.4 Å². The Hall–Kier alpha value is -0.610. The lowest BCUT2D eigenvalue weighted by Crippen LogP contribution is -2.40. The van der Waals surface area contributed by atoms with E-state index >= 15 is 0 Å². The van der Waals surface area contributed by atoms with Crippen molar-refractivity contribution in [3.63, 3.8) is 0 Å². The zero-order valence-corrected chi connectivity index (χ0v) is 19.0. The molecular weight excluding hydrogens is 459 g/mol. The van der Waals surface area contributed by atoms with Crippen molar-refractivity contribution in [3.05, 3.63) is 0 Å². The fraction of sp³-hybridized carbons (Fsp3) is 0.895. The number of halogens is 1. The first-order valence-electron chi connectivity index (χ1n) is 10.3. The molecule has 1 atom stereocenters. The summed E-state index contributed by atoms with van der Waals surface area (Å²) in [6.45, 7) is 6.40. The standard InChI is InChI=1S/C19H36N4O3.HI/c1-2-20-19(21-11-6-13-25-15-17-9-5-14-26-17)22-12-10-18(24)23-16-7-3-4-8-16;/h16-17H,2-15H2,1H3,(H,23,24)(H2,20,21,22);1H. The number of rotatable bonds is 11. The Bertz CT molecular complexity index is 425. The van der Waals surface area contributed by atoms with Crippen LogP contribution in [0.4, 0.5) is 0 Å². The van der Waals surface area contributed by atoms with Gasteiger partial charge in [-0.2, -0.15) is 0 Å². The van der Waals surface area contributed by atoms with Crippen molar-refractivity contribution < 1.29 is 14.3 Å². The maximum absolute atomic E-state index is 11.9. The molecule has 0 radical (unpaired) electrons. The van der Waals surface area contributed by atoms with E-state index in [4.69, 9.17) is 9.47 Å². The SMILES string of the molecule is CCNC(=NCCCOCC1CCCO1)NCCC(=O)NC1CCCC1.I. The second-order valence-electron chi connectivity index (χ2n) is 7.05. The summed E-state index contributed by atoms with van der Waals surface area (Å²) in [6, 6.07) is 0.388. The van der Waals surface area contributed by atoms with Crippen molar-refractivity contribution in [1.29, 1.82) is 0 Å². The maximum Gasteiger partial charge on any atom is 0.221 e. The second-order valence-corrected chi connectivity index (χ2v) is 7.05. The number of hydrogen-bond acceptors (Lipinski definition) is 4. The van der Waals surface area contributed by atoms with Crippen LogP contribution in [0, 0.1) is 0 Å². The third-order valence-corrected chi connectivity index (χ3v) is 4.75. The van der Waals surface area contributed by atoms with Gasteiger partial charge < -0.3 is 25.4 Å². The predicted molar refractivity (Wildman–Crippen MR) is 119 cm³/mol. The van der Waals surface area contributed by atoms with Gasteiger partial charge in [0.15, 0.2) is 5.96 Å². The Labute approximate surface area is 180 Å². The van der Waals surface area contributed by atoms with Crippen LogP contribution in [0.25, 0.3) is 0 Å². The summed E-state index contributed by atoms with van der Waals surface area (Å²) in [5.74, 6) is 0.892. The molecule has 158 valence electrons. The Kier molecular flexibility index (Phi) is 13.9. The fourth-order valence-electron chi connectivity index (χ4n) is 3.35. The molecule has 1 saturated heterocycles. The summed E-state index contributed by atoms with van der Waals surface area (Å²) in [5.41, 5.74) is 0. The van der Waals surface area contributed by atoms with Gasteiger partial charge in [-0.1, -0.05) is 12.8 Å². The Morgan fingerprint density at radius 2 is 2.00 bits per heavy atom. The topological polar surface area (TPSA) is 84.0 Å². The van der Waals surface area contributed by atoms with E-state index in [1.54, 1.807) is 0 Å². The van der Waals surface area contributed by atoms with E-state index in [0.717, 1.165) is 51.2 Å². The lowest BCUT2D eigenvalue weighted by Gasteiger charge is -2.14. The third kappa shape index (κ3) is 11.1. The predicted octanol–water partition coefficient (Wildman–Crippen LogP) is 2.19. The molecule has 0 aromatic rings. The van der Waals surface area contributed by atoms with Gasteiger partial charge in [0.25, 0.3) is 0 Å². The van der Waals surface area contributed by atoms with Gasteiger partial charge in [0.2, 0.25) is 5.91 Å². The Morgan fingerprint density at radius 1 is 1.19 bits per heavy atom. The molecule has 0 aromatic heterocycles. The number of guanidine groups is 1. The molecule has 8 heteroatoms. The highest BCUT2D eigenvalue weighted by atomic mass is 127. The van der Waals surface area contributed by atoms with Gasteiger partial charge in [0.05, 0.1) is 12.7 Å². The summed E-state index contributed by atoms with van der Waals surface area (Å²) in [6.07, 6.45) is 8.62. The third-order valence-electron chi connectivity index (χ3n) is 4.75. The maximum atomic E-state index is 11.9. The minimum Gasteiger partial charge on any atom is -0.379 e. The van der Waals surface area contributed by atoms with Crippen LogP contribution in [-0.2, 0) is 14.3 Å². The van der Waals surface area contributed by atoms with Gasteiger partial charge in [-0.05, 0) is 39.0 Å². The number of amides is 1. The molecule has 0 bridgehead atoms. The summed E-state index contributed by atoms with van der Waals surface area (Å²) < 4.78 is 11.2. The molecule has 1 aliphatic heterocycles. The molecule has 1 saturated carbocycles. The molecular formula is C19H37IN4O3. The average Bonchev–Trinajstić information content (AvgIpc) is 3.31.